The van der Waals surface area contributed by atoms with Gasteiger partial charge in [-0.3, -0.25) is 4.79 Å². The van der Waals surface area contributed by atoms with E-state index < -0.39 is 17.5 Å². The fourth-order valence-corrected chi connectivity index (χ4v) is 4.28. The molecule has 0 aliphatic carbocycles. The highest BCUT2D eigenvalue weighted by atomic mass is 35.5. The summed E-state index contributed by atoms with van der Waals surface area (Å²) >= 11 is 0. The van der Waals surface area contributed by atoms with Gasteiger partial charge < -0.3 is 26.4 Å². The molecular weight excluding hydrogens is 430 g/mol. The van der Waals surface area contributed by atoms with Crippen LogP contribution in [0.15, 0.2) is 29.3 Å². The van der Waals surface area contributed by atoms with Crippen LogP contribution in [0.1, 0.15) is 59.9 Å². The topological polar surface area (TPSA) is 131 Å². The number of aliphatic carboxylic acids is 1. The van der Waals surface area contributed by atoms with Crippen LogP contribution in [0.2, 0.25) is 0 Å². The van der Waals surface area contributed by atoms with Crippen LogP contribution in [0.3, 0.4) is 0 Å². The van der Waals surface area contributed by atoms with Crippen LogP contribution < -0.4 is 16.2 Å². The first-order chi connectivity index (χ1) is 14.5. The molecule has 174 valence electrons. The summed E-state index contributed by atoms with van der Waals surface area (Å²) in [5, 5.41) is 20.2. The molecule has 1 heterocycles. The number of nitrogens with two attached hydrogens (primary N) is 2. The maximum atomic E-state index is 12.0. The lowest BCUT2D eigenvalue weighted by molar-refractivity contribution is -0.139. The third kappa shape index (κ3) is 5.10. The summed E-state index contributed by atoms with van der Waals surface area (Å²) in [7, 11) is 0. The lowest BCUT2D eigenvalue weighted by Crippen LogP contribution is -2.37. The molecular formula is C24H32ClN3O4. The van der Waals surface area contributed by atoms with E-state index in [-0.39, 0.29) is 18.4 Å². The molecule has 0 fully saturated rings. The molecule has 0 aromatic heterocycles. The van der Waals surface area contributed by atoms with Gasteiger partial charge in [-0.1, -0.05) is 12.1 Å². The third-order valence-corrected chi connectivity index (χ3v) is 6.41. The molecule has 7 nitrogen and oxygen atoms in total. The Morgan fingerprint density at radius 1 is 1.16 bits per heavy atom. The summed E-state index contributed by atoms with van der Waals surface area (Å²) in [5.74, 6) is -0.408. The first-order valence-electron chi connectivity index (χ1n) is 10.5. The van der Waals surface area contributed by atoms with E-state index in [1.54, 1.807) is 24.3 Å². The summed E-state index contributed by atoms with van der Waals surface area (Å²) in [5.41, 5.74) is 15.3. The quantitative estimate of drug-likeness (QED) is 0.373. The lowest BCUT2D eigenvalue weighted by Gasteiger charge is -2.38. The van der Waals surface area contributed by atoms with Crippen LogP contribution in [0.5, 0.6) is 11.5 Å². The van der Waals surface area contributed by atoms with Crippen molar-refractivity contribution in [3.05, 3.63) is 52.1 Å². The molecule has 0 radical (unpaired) electrons. The molecule has 3 rings (SSSR count). The predicted octanol–water partition coefficient (Wildman–Crippen LogP) is 4.38. The summed E-state index contributed by atoms with van der Waals surface area (Å²) in [6.07, 6.45) is 2.59. The second kappa shape index (κ2) is 9.69. The second-order valence-corrected chi connectivity index (χ2v) is 8.64. The molecule has 32 heavy (non-hydrogen) atoms. The Morgan fingerprint density at radius 2 is 1.78 bits per heavy atom. The highest BCUT2D eigenvalue weighted by Gasteiger charge is 2.36. The van der Waals surface area contributed by atoms with Crippen LogP contribution in [0.25, 0.3) is 0 Å². The van der Waals surface area contributed by atoms with Crippen molar-refractivity contribution in [3.8, 4) is 11.5 Å². The molecule has 2 atom stereocenters. The Balaban J connectivity index is 0.00000363. The van der Waals surface area contributed by atoms with Gasteiger partial charge in [0.1, 0.15) is 17.1 Å². The summed E-state index contributed by atoms with van der Waals surface area (Å²) in [4.78, 5) is 16.0. The molecule has 2 unspecified atom stereocenters. The van der Waals surface area contributed by atoms with Gasteiger partial charge in [-0.2, -0.15) is 0 Å². The number of hydrogen-bond acceptors (Lipinski definition) is 4. The summed E-state index contributed by atoms with van der Waals surface area (Å²) in [6.45, 7) is 7.80. The number of phenolic OH excluding ortho intramolecular Hbond substituents is 1. The molecule has 0 saturated carbocycles. The number of phenols is 1. The Morgan fingerprint density at radius 3 is 2.34 bits per heavy atom. The van der Waals surface area contributed by atoms with Crippen molar-refractivity contribution >= 4 is 30.0 Å². The van der Waals surface area contributed by atoms with Gasteiger partial charge in [0.05, 0.1) is 11.6 Å². The molecule has 0 amide bonds. The number of fused-ring (bicyclic) bond motifs is 1. The van der Waals surface area contributed by atoms with Crippen molar-refractivity contribution in [1.29, 1.82) is 0 Å². The van der Waals surface area contributed by atoms with Gasteiger partial charge in [0.25, 0.3) is 0 Å². The second-order valence-electron chi connectivity index (χ2n) is 8.64. The summed E-state index contributed by atoms with van der Waals surface area (Å²) in [6, 6.07) is 6.92. The van der Waals surface area contributed by atoms with E-state index in [0.29, 0.717) is 29.8 Å². The minimum Gasteiger partial charge on any atom is -0.507 e. The van der Waals surface area contributed by atoms with E-state index >= 15 is 0 Å². The number of aliphatic imine (C=N–C) groups is 1. The minimum absolute atomic E-state index is 0. The fourth-order valence-electron chi connectivity index (χ4n) is 4.28. The largest absolute Gasteiger partial charge is 0.507 e. The Kier molecular flexibility index (Phi) is 7.67. The van der Waals surface area contributed by atoms with Crippen LogP contribution in [-0.4, -0.2) is 27.7 Å². The average Bonchev–Trinajstić information content (AvgIpc) is 2.71. The number of rotatable bonds is 6. The van der Waals surface area contributed by atoms with E-state index in [0.717, 1.165) is 40.8 Å². The zero-order valence-corrected chi connectivity index (χ0v) is 19.8. The van der Waals surface area contributed by atoms with Crippen molar-refractivity contribution in [2.24, 2.45) is 16.5 Å². The average molecular weight is 462 g/mol. The van der Waals surface area contributed by atoms with Crippen LogP contribution in [0.4, 0.5) is 5.69 Å². The Bertz CT molecular complexity index is 1030. The molecule has 1 aliphatic rings. The molecule has 8 heteroatoms. The van der Waals surface area contributed by atoms with E-state index in [4.69, 9.17) is 16.2 Å². The highest BCUT2D eigenvalue weighted by Crippen LogP contribution is 2.45. The number of hydrogen-bond donors (Lipinski definition) is 4. The first-order valence-corrected chi connectivity index (χ1v) is 10.5. The minimum atomic E-state index is -0.873. The number of carboxylic acid groups (broad SMARTS) is 1. The van der Waals surface area contributed by atoms with E-state index in [1.165, 1.54) is 0 Å². The predicted molar refractivity (Wildman–Crippen MR) is 128 cm³/mol. The van der Waals surface area contributed by atoms with Gasteiger partial charge in [-0.05, 0) is 87.8 Å². The van der Waals surface area contributed by atoms with Crippen molar-refractivity contribution in [3.63, 3.8) is 0 Å². The number of aromatic hydroxyl groups is 1. The summed E-state index contributed by atoms with van der Waals surface area (Å²) < 4.78 is 6.45. The van der Waals surface area contributed by atoms with Gasteiger partial charge in [-0.25, -0.2) is 4.99 Å². The Labute approximate surface area is 194 Å². The molecule has 6 N–H and O–H groups in total. The van der Waals surface area contributed by atoms with Crippen molar-refractivity contribution in [1.82, 2.24) is 0 Å². The SMILES string of the molecule is Cc1c(C)c2c(c(C)c1O)CCC(C)(CCC(C(=O)O)c1ccc(N=C(N)N)cc1)O2.Cl. The van der Waals surface area contributed by atoms with E-state index in [9.17, 15) is 15.0 Å². The van der Waals surface area contributed by atoms with Gasteiger partial charge in [-0.15, -0.1) is 12.4 Å². The van der Waals surface area contributed by atoms with E-state index in [2.05, 4.69) is 4.99 Å². The van der Waals surface area contributed by atoms with Crippen LogP contribution >= 0.6 is 12.4 Å². The van der Waals surface area contributed by atoms with Crippen molar-refractivity contribution in [2.45, 2.75) is 64.9 Å². The fraction of sp³-hybridized carbons (Fsp3) is 0.417. The standard InChI is InChI=1S/C24H31N3O4.ClH/c1-13-14(2)21-18(15(3)20(13)28)9-11-24(4,31-21)12-10-19(22(29)30)16-5-7-17(8-6-16)27-23(25)26;/h5-8,19,28H,9-12H2,1-4H3,(H,29,30)(H4,25,26,27);1H. The normalized spacial score (nSPS) is 18.0. The van der Waals surface area contributed by atoms with Crippen molar-refractivity contribution in [2.75, 3.05) is 0 Å². The number of ether oxygens (including phenoxy) is 1. The van der Waals surface area contributed by atoms with Crippen LogP contribution in [-0.2, 0) is 11.2 Å². The van der Waals surface area contributed by atoms with Crippen LogP contribution in [0, 0.1) is 20.8 Å². The van der Waals surface area contributed by atoms with Crippen molar-refractivity contribution < 1.29 is 19.7 Å². The van der Waals surface area contributed by atoms with Gasteiger partial charge in [0.15, 0.2) is 5.96 Å². The number of halogens is 1. The molecule has 2 aromatic rings. The number of nitrogens with zero attached hydrogens (tertiary/aromatic N) is 1. The van der Waals surface area contributed by atoms with Gasteiger partial charge >= 0.3 is 5.97 Å². The molecule has 0 saturated heterocycles. The number of carbonyl (C=O) groups is 1. The Hall–Kier alpha value is -2.93. The highest BCUT2D eigenvalue weighted by molar-refractivity contribution is 5.85. The first kappa shape index (κ1) is 25.3. The maximum absolute atomic E-state index is 12.0. The van der Waals surface area contributed by atoms with Gasteiger partial charge in [0.2, 0.25) is 0 Å². The number of benzene rings is 2. The smallest absolute Gasteiger partial charge is 0.310 e. The monoisotopic (exact) mass is 461 g/mol. The van der Waals surface area contributed by atoms with E-state index in [1.807, 2.05) is 27.7 Å². The van der Waals surface area contributed by atoms with Gasteiger partial charge in [0, 0.05) is 5.56 Å². The number of guanidine groups is 1. The molecule has 1 aliphatic heterocycles. The maximum Gasteiger partial charge on any atom is 0.310 e. The molecule has 0 spiro atoms. The number of carboxylic acids is 1. The lowest BCUT2D eigenvalue weighted by atomic mass is 9.82. The zero-order valence-electron chi connectivity index (χ0n) is 18.9. The molecule has 2 aromatic carbocycles. The third-order valence-electron chi connectivity index (χ3n) is 6.41. The molecule has 0 bridgehead atoms. The zero-order chi connectivity index (χ0) is 22.9.